The Labute approximate surface area is 170 Å². The highest BCUT2D eigenvalue weighted by Gasteiger charge is 2.47. The topological polar surface area (TPSA) is 63.7 Å². The molecule has 0 unspecified atom stereocenters. The van der Waals surface area contributed by atoms with Gasteiger partial charge in [-0.2, -0.15) is 0 Å². The van der Waals surface area contributed by atoms with Crippen LogP contribution >= 0.6 is 0 Å². The second-order valence-electron chi connectivity index (χ2n) is 7.80. The number of hydrogen-bond acceptors (Lipinski definition) is 4. The molecule has 0 radical (unpaired) electrons. The summed E-state index contributed by atoms with van der Waals surface area (Å²) in [5, 5.41) is 0. The zero-order chi connectivity index (χ0) is 20.2. The van der Waals surface area contributed by atoms with Gasteiger partial charge < -0.3 is 4.74 Å². The fourth-order valence-electron chi connectivity index (χ4n) is 4.31. The van der Waals surface area contributed by atoms with Gasteiger partial charge in [-0.1, -0.05) is 67.4 Å². The Hall–Kier alpha value is -2.95. The number of imide groups is 1. The lowest BCUT2D eigenvalue weighted by Gasteiger charge is -2.19. The van der Waals surface area contributed by atoms with Crippen molar-refractivity contribution in [2.24, 2.45) is 11.8 Å². The summed E-state index contributed by atoms with van der Waals surface area (Å²) in [6.45, 7) is 0.303. The normalized spacial score (nSPS) is 21.2. The molecule has 4 rings (SSSR count). The molecule has 1 saturated heterocycles. The van der Waals surface area contributed by atoms with E-state index in [0.717, 1.165) is 42.4 Å². The van der Waals surface area contributed by atoms with Crippen molar-refractivity contribution in [1.29, 1.82) is 0 Å². The highest BCUT2D eigenvalue weighted by atomic mass is 16.5. The zero-order valence-corrected chi connectivity index (χ0v) is 16.4. The number of hydrogen-bond donors (Lipinski definition) is 0. The van der Waals surface area contributed by atoms with Gasteiger partial charge in [0.25, 0.3) is 0 Å². The molecule has 2 amide bonds. The van der Waals surface area contributed by atoms with Crippen molar-refractivity contribution < 1.29 is 19.1 Å². The molecule has 0 bridgehead atoms. The van der Waals surface area contributed by atoms with Crippen molar-refractivity contribution in [3.8, 4) is 11.1 Å². The lowest BCUT2D eigenvalue weighted by Crippen LogP contribution is -2.33. The van der Waals surface area contributed by atoms with Crippen LogP contribution < -0.4 is 0 Å². The highest BCUT2D eigenvalue weighted by molar-refractivity contribution is 6.05. The number of carbonyl (C=O) groups excluding carboxylic acids is 3. The van der Waals surface area contributed by atoms with Gasteiger partial charge in [0.1, 0.15) is 6.61 Å². The van der Waals surface area contributed by atoms with Crippen LogP contribution in [0.15, 0.2) is 54.6 Å². The third-order valence-electron chi connectivity index (χ3n) is 5.93. The van der Waals surface area contributed by atoms with Crippen LogP contribution in [-0.2, 0) is 25.7 Å². The van der Waals surface area contributed by atoms with E-state index in [-0.39, 0.29) is 43.2 Å². The maximum atomic E-state index is 12.4. The Bertz CT molecular complexity index is 867. The first-order valence-corrected chi connectivity index (χ1v) is 10.3. The van der Waals surface area contributed by atoms with E-state index in [0.29, 0.717) is 0 Å². The van der Waals surface area contributed by atoms with Gasteiger partial charge in [0.2, 0.25) is 11.8 Å². The smallest absolute Gasteiger partial charge is 0.307 e. The molecule has 0 spiro atoms. The van der Waals surface area contributed by atoms with Crippen molar-refractivity contribution in [3.05, 3.63) is 60.2 Å². The van der Waals surface area contributed by atoms with Gasteiger partial charge in [-0.05, 0) is 29.5 Å². The number of fused-ring (bicyclic) bond motifs is 1. The molecule has 2 atom stereocenters. The maximum absolute atomic E-state index is 12.4. The molecule has 1 heterocycles. The molecule has 2 aromatic rings. The van der Waals surface area contributed by atoms with Gasteiger partial charge in [0, 0.05) is 6.54 Å². The van der Waals surface area contributed by atoms with E-state index in [4.69, 9.17) is 4.74 Å². The predicted octanol–water partition coefficient (Wildman–Crippen LogP) is 3.96. The molecule has 1 saturated carbocycles. The van der Waals surface area contributed by atoms with Crippen molar-refractivity contribution in [2.75, 3.05) is 6.54 Å². The summed E-state index contributed by atoms with van der Waals surface area (Å²) in [6, 6.07) is 17.9. The summed E-state index contributed by atoms with van der Waals surface area (Å²) in [5.41, 5.74) is 3.14. The van der Waals surface area contributed by atoms with E-state index in [9.17, 15) is 14.4 Å². The van der Waals surface area contributed by atoms with Crippen LogP contribution in [0, 0.1) is 11.8 Å². The Balaban J connectivity index is 1.26. The van der Waals surface area contributed by atoms with Crippen LogP contribution in [0.5, 0.6) is 0 Å². The minimum Gasteiger partial charge on any atom is -0.461 e. The Morgan fingerprint density at radius 3 is 2.07 bits per heavy atom. The fraction of sp³-hybridized carbons (Fsp3) is 0.375. The highest BCUT2D eigenvalue weighted by Crippen LogP contribution is 2.38. The van der Waals surface area contributed by atoms with E-state index in [2.05, 4.69) is 0 Å². The first kappa shape index (κ1) is 19.4. The third kappa shape index (κ3) is 4.24. The van der Waals surface area contributed by atoms with Gasteiger partial charge in [0.05, 0.1) is 18.3 Å². The summed E-state index contributed by atoms with van der Waals surface area (Å²) in [7, 11) is 0. The third-order valence-corrected chi connectivity index (χ3v) is 5.93. The molecule has 5 nitrogen and oxygen atoms in total. The number of esters is 1. The summed E-state index contributed by atoms with van der Waals surface area (Å²) in [5.74, 6) is -0.952. The number of carbonyl (C=O) groups is 3. The monoisotopic (exact) mass is 391 g/mol. The van der Waals surface area contributed by atoms with E-state index in [1.54, 1.807) is 0 Å². The van der Waals surface area contributed by atoms with Crippen LogP contribution in [0.25, 0.3) is 11.1 Å². The molecule has 2 fully saturated rings. The van der Waals surface area contributed by atoms with Crippen molar-refractivity contribution in [2.45, 2.75) is 38.7 Å². The Kier molecular flexibility index (Phi) is 5.74. The van der Waals surface area contributed by atoms with Crippen LogP contribution in [-0.4, -0.2) is 29.2 Å². The summed E-state index contributed by atoms with van der Waals surface area (Å²) in [6.07, 6.45) is 3.61. The molecule has 2 aromatic carbocycles. The number of ether oxygens (including phenoxy) is 1. The van der Waals surface area contributed by atoms with Crippen LogP contribution in [0.2, 0.25) is 0 Å². The van der Waals surface area contributed by atoms with Crippen LogP contribution in [0.3, 0.4) is 0 Å². The molecule has 1 aliphatic heterocycles. The number of rotatable bonds is 6. The van der Waals surface area contributed by atoms with Gasteiger partial charge in [-0.25, -0.2) is 0 Å². The molecular formula is C24H25NO4. The molecule has 29 heavy (non-hydrogen) atoms. The number of benzene rings is 2. The van der Waals surface area contributed by atoms with Crippen molar-refractivity contribution >= 4 is 17.8 Å². The standard InChI is InChI=1S/C24H25NO4/c26-22(14-15-25-23(27)20-8-4-5-9-21(20)24(25)28)29-16-17-10-12-19(13-11-17)18-6-2-1-3-7-18/h1-3,6-7,10-13,20-21H,4-5,8-9,14-16H2/t20-,21+. The largest absolute Gasteiger partial charge is 0.461 e. The average molecular weight is 391 g/mol. The van der Waals surface area contributed by atoms with E-state index in [1.165, 1.54) is 4.90 Å². The molecular weight excluding hydrogens is 366 g/mol. The van der Waals surface area contributed by atoms with Gasteiger partial charge in [0.15, 0.2) is 0 Å². The average Bonchev–Trinajstić information content (AvgIpc) is 3.02. The van der Waals surface area contributed by atoms with Gasteiger partial charge >= 0.3 is 5.97 Å². The number of likely N-dealkylation sites (tertiary alicyclic amines) is 1. The first-order valence-electron chi connectivity index (χ1n) is 10.3. The molecule has 1 aliphatic carbocycles. The molecule has 2 aliphatic rings. The van der Waals surface area contributed by atoms with Gasteiger partial charge in [-0.15, -0.1) is 0 Å². The van der Waals surface area contributed by atoms with E-state index >= 15 is 0 Å². The second kappa shape index (κ2) is 8.60. The summed E-state index contributed by atoms with van der Waals surface area (Å²) in [4.78, 5) is 38.3. The number of nitrogens with zero attached hydrogens (tertiary/aromatic N) is 1. The Morgan fingerprint density at radius 1 is 0.862 bits per heavy atom. The number of amides is 2. The summed E-state index contributed by atoms with van der Waals surface area (Å²) < 4.78 is 5.33. The van der Waals surface area contributed by atoms with Crippen molar-refractivity contribution in [1.82, 2.24) is 4.90 Å². The zero-order valence-electron chi connectivity index (χ0n) is 16.4. The lowest BCUT2D eigenvalue weighted by atomic mass is 9.81. The van der Waals surface area contributed by atoms with Crippen LogP contribution in [0.4, 0.5) is 0 Å². The summed E-state index contributed by atoms with van der Waals surface area (Å²) >= 11 is 0. The van der Waals surface area contributed by atoms with Gasteiger partial charge in [-0.3, -0.25) is 19.3 Å². The maximum Gasteiger partial charge on any atom is 0.307 e. The van der Waals surface area contributed by atoms with E-state index < -0.39 is 5.97 Å². The quantitative estimate of drug-likeness (QED) is 0.552. The molecule has 0 N–H and O–H groups in total. The molecule has 150 valence electrons. The second-order valence-corrected chi connectivity index (χ2v) is 7.80. The first-order chi connectivity index (χ1) is 14.1. The molecule has 0 aromatic heterocycles. The Morgan fingerprint density at radius 2 is 1.45 bits per heavy atom. The SMILES string of the molecule is O=C(CCN1C(=O)[C@H]2CCCC[C@H]2C1=O)OCc1ccc(-c2ccccc2)cc1. The minimum absolute atomic E-state index is 0.0407. The van der Waals surface area contributed by atoms with Crippen molar-refractivity contribution in [3.63, 3.8) is 0 Å². The van der Waals surface area contributed by atoms with Crippen LogP contribution in [0.1, 0.15) is 37.7 Å². The van der Waals surface area contributed by atoms with E-state index in [1.807, 2.05) is 54.6 Å². The molecule has 5 heteroatoms. The fourth-order valence-corrected chi connectivity index (χ4v) is 4.31. The predicted molar refractivity (Wildman–Crippen MR) is 108 cm³/mol. The minimum atomic E-state index is -0.396. The lowest BCUT2D eigenvalue weighted by molar-refractivity contribution is -0.146.